The maximum absolute atomic E-state index is 14.5. The van der Waals surface area contributed by atoms with Gasteiger partial charge in [-0.15, -0.1) is 0 Å². The number of ether oxygens (including phenoxy) is 2. The number of amides is 3. The number of rotatable bonds is 6. The lowest BCUT2D eigenvalue weighted by Crippen LogP contribution is -2.36. The van der Waals surface area contributed by atoms with Crippen LogP contribution >= 0.6 is 0 Å². The number of likely N-dealkylation sites (tertiary alicyclic amines) is 1. The molecule has 10 heteroatoms. The van der Waals surface area contributed by atoms with Gasteiger partial charge in [0, 0.05) is 30.8 Å². The summed E-state index contributed by atoms with van der Waals surface area (Å²) in [5.41, 5.74) is -0.332. The number of halogens is 1. The zero-order valence-corrected chi connectivity index (χ0v) is 17.7. The van der Waals surface area contributed by atoms with Crippen molar-refractivity contribution in [1.82, 2.24) is 9.80 Å². The zero-order valence-electron chi connectivity index (χ0n) is 17.7. The van der Waals surface area contributed by atoms with Crippen molar-refractivity contribution in [3.8, 4) is 5.75 Å². The van der Waals surface area contributed by atoms with Crippen LogP contribution in [0.25, 0.3) is 0 Å². The van der Waals surface area contributed by atoms with Crippen molar-refractivity contribution in [2.45, 2.75) is 38.9 Å². The van der Waals surface area contributed by atoms with Crippen LogP contribution in [0.5, 0.6) is 5.75 Å². The Labute approximate surface area is 179 Å². The van der Waals surface area contributed by atoms with Crippen LogP contribution in [0.1, 0.15) is 27.2 Å². The number of carbonyl (C=O) groups is 3. The Bertz CT molecular complexity index is 911. The quantitative estimate of drug-likeness (QED) is 0.657. The van der Waals surface area contributed by atoms with Crippen molar-refractivity contribution in [2.75, 3.05) is 31.6 Å². The fourth-order valence-corrected chi connectivity index (χ4v) is 3.24. The van der Waals surface area contributed by atoms with Crippen LogP contribution in [0.2, 0.25) is 0 Å². The van der Waals surface area contributed by atoms with Crippen LogP contribution in [-0.2, 0) is 14.3 Å². The molecule has 1 aromatic rings. The molecule has 9 nitrogen and oxygen atoms in total. The third kappa shape index (κ3) is 5.52. The van der Waals surface area contributed by atoms with E-state index in [4.69, 9.17) is 14.6 Å². The van der Waals surface area contributed by atoms with Crippen molar-refractivity contribution in [2.24, 2.45) is 0 Å². The van der Waals surface area contributed by atoms with Crippen LogP contribution in [0.3, 0.4) is 0 Å². The van der Waals surface area contributed by atoms with Gasteiger partial charge < -0.3 is 24.8 Å². The average molecular weight is 435 g/mol. The summed E-state index contributed by atoms with van der Waals surface area (Å²) in [4.78, 5) is 38.5. The molecule has 2 N–H and O–H groups in total. The summed E-state index contributed by atoms with van der Waals surface area (Å²) in [6, 6.07) is 4.09. The molecule has 0 aliphatic carbocycles. The Morgan fingerprint density at radius 3 is 2.71 bits per heavy atom. The Hall–Kier alpha value is -3.14. The number of imide groups is 1. The monoisotopic (exact) mass is 435 g/mol. The first-order valence-corrected chi connectivity index (χ1v) is 9.97. The molecule has 1 atom stereocenters. The number of hydrogen-bond donors (Lipinski definition) is 2. The van der Waals surface area contributed by atoms with E-state index in [0.29, 0.717) is 19.5 Å². The predicted molar refractivity (Wildman–Crippen MR) is 109 cm³/mol. The van der Waals surface area contributed by atoms with Crippen molar-refractivity contribution in [1.29, 1.82) is 0 Å². The van der Waals surface area contributed by atoms with E-state index < -0.39 is 29.3 Å². The number of anilines is 1. The highest BCUT2D eigenvalue weighted by Gasteiger charge is 2.32. The minimum absolute atomic E-state index is 0.00434. The van der Waals surface area contributed by atoms with Gasteiger partial charge in [0.1, 0.15) is 17.4 Å². The minimum atomic E-state index is -0.648. The smallest absolute Gasteiger partial charge is 0.410 e. The molecule has 31 heavy (non-hydrogen) atoms. The predicted octanol–water partition coefficient (Wildman–Crippen LogP) is 1.87. The molecule has 0 aromatic heterocycles. The van der Waals surface area contributed by atoms with E-state index in [-0.39, 0.29) is 36.4 Å². The summed E-state index contributed by atoms with van der Waals surface area (Å²) in [6.07, 6.45) is 0.843. The second-order valence-corrected chi connectivity index (χ2v) is 8.30. The number of aliphatic hydroxyl groups excluding tert-OH is 1. The molecule has 0 spiro atoms. The van der Waals surface area contributed by atoms with Gasteiger partial charge in [0.2, 0.25) is 0 Å². The Kier molecular flexibility index (Phi) is 6.49. The van der Waals surface area contributed by atoms with E-state index in [1.165, 1.54) is 17.0 Å². The lowest BCUT2D eigenvalue weighted by molar-refractivity contribution is -0.137. The van der Waals surface area contributed by atoms with Gasteiger partial charge in [-0.1, -0.05) is 0 Å². The van der Waals surface area contributed by atoms with Crippen molar-refractivity contribution in [3.05, 3.63) is 35.8 Å². The molecular weight excluding hydrogens is 409 g/mol. The first-order valence-electron chi connectivity index (χ1n) is 9.97. The second kappa shape index (κ2) is 8.93. The average Bonchev–Trinajstić information content (AvgIpc) is 3.23. The molecule has 1 saturated heterocycles. The van der Waals surface area contributed by atoms with Crippen molar-refractivity contribution in [3.63, 3.8) is 0 Å². The Morgan fingerprint density at radius 1 is 1.32 bits per heavy atom. The molecule has 2 aliphatic rings. The number of hydrogen-bond acceptors (Lipinski definition) is 7. The molecule has 0 bridgehead atoms. The molecule has 0 saturated carbocycles. The minimum Gasteiger partial charge on any atom is -0.485 e. The highest BCUT2D eigenvalue weighted by atomic mass is 19.1. The molecule has 3 amide bonds. The molecule has 2 aliphatic heterocycles. The highest BCUT2D eigenvalue weighted by Crippen LogP contribution is 2.26. The highest BCUT2D eigenvalue weighted by molar-refractivity contribution is 6.17. The van der Waals surface area contributed by atoms with Gasteiger partial charge in [-0.25, -0.2) is 9.18 Å². The normalized spacial score (nSPS) is 19.0. The lowest BCUT2D eigenvalue weighted by atomic mass is 10.2. The van der Waals surface area contributed by atoms with Crippen LogP contribution in [0.4, 0.5) is 14.9 Å². The Morgan fingerprint density at radius 2 is 2.06 bits per heavy atom. The largest absolute Gasteiger partial charge is 0.485 e. The fraction of sp³-hybridized carbons (Fsp3) is 0.476. The first kappa shape index (κ1) is 22.5. The van der Waals surface area contributed by atoms with Gasteiger partial charge >= 0.3 is 6.09 Å². The fourth-order valence-electron chi connectivity index (χ4n) is 3.24. The molecule has 1 unspecified atom stereocenters. The maximum atomic E-state index is 14.5. The molecule has 3 rings (SSSR count). The standard InChI is InChI=1S/C21H26FN3O6/c1-21(2,3)31-20(29)24-7-6-14(12-24)30-17-5-4-13(10-15(17)22)23-16-11-18(27)25(8-9-26)19(16)28/h4-5,10-11,14,23,26H,6-9,12H2,1-3H3. The number of nitrogens with zero attached hydrogens (tertiary/aromatic N) is 2. The topological polar surface area (TPSA) is 108 Å². The van der Waals surface area contributed by atoms with Gasteiger partial charge in [-0.05, 0) is 32.9 Å². The third-order valence-electron chi connectivity index (χ3n) is 4.63. The first-order chi connectivity index (χ1) is 14.6. The van der Waals surface area contributed by atoms with Crippen LogP contribution in [-0.4, -0.2) is 70.8 Å². The van der Waals surface area contributed by atoms with E-state index in [1.807, 2.05) is 0 Å². The van der Waals surface area contributed by atoms with Gasteiger partial charge in [-0.3, -0.25) is 14.5 Å². The zero-order chi connectivity index (χ0) is 22.8. The van der Waals surface area contributed by atoms with Gasteiger partial charge in [0.05, 0.1) is 19.7 Å². The van der Waals surface area contributed by atoms with Gasteiger partial charge in [0.25, 0.3) is 11.8 Å². The van der Waals surface area contributed by atoms with Gasteiger partial charge in [-0.2, -0.15) is 0 Å². The van der Waals surface area contributed by atoms with E-state index in [1.54, 1.807) is 20.8 Å². The molecular formula is C21H26FN3O6. The van der Waals surface area contributed by atoms with E-state index >= 15 is 0 Å². The summed E-state index contributed by atoms with van der Waals surface area (Å²) in [6.45, 7) is 5.65. The van der Waals surface area contributed by atoms with Crippen molar-refractivity contribution < 1.29 is 33.4 Å². The van der Waals surface area contributed by atoms with Gasteiger partial charge in [0.15, 0.2) is 11.6 Å². The van der Waals surface area contributed by atoms with Crippen LogP contribution in [0, 0.1) is 5.82 Å². The lowest BCUT2D eigenvalue weighted by Gasteiger charge is -2.24. The van der Waals surface area contributed by atoms with E-state index in [0.717, 1.165) is 17.0 Å². The number of carbonyl (C=O) groups excluding carboxylic acids is 3. The summed E-state index contributed by atoms with van der Waals surface area (Å²) < 4.78 is 25.6. The van der Waals surface area contributed by atoms with E-state index in [9.17, 15) is 18.8 Å². The summed E-state index contributed by atoms with van der Waals surface area (Å²) in [7, 11) is 0. The summed E-state index contributed by atoms with van der Waals surface area (Å²) in [5, 5.41) is 11.7. The molecule has 1 aromatic carbocycles. The number of benzene rings is 1. The number of aliphatic hydroxyl groups is 1. The SMILES string of the molecule is CC(C)(C)OC(=O)N1CCC(Oc2ccc(NC3=CC(=O)N(CCO)C3=O)cc2F)C1. The molecule has 168 valence electrons. The number of β-amino-alcohol motifs (C(OH)–C–C–N with tert-alkyl or cyclic N) is 1. The second-order valence-electron chi connectivity index (χ2n) is 8.30. The summed E-state index contributed by atoms with van der Waals surface area (Å²) >= 11 is 0. The molecule has 2 heterocycles. The van der Waals surface area contributed by atoms with Crippen LogP contribution in [0.15, 0.2) is 30.0 Å². The van der Waals surface area contributed by atoms with Crippen molar-refractivity contribution >= 4 is 23.6 Å². The van der Waals surface area contributed by atoms with Crippen LogP contribution < -0.4 is 10.1 Å². The maximum Gasteiger partial charge on any atom is 0.410 e. The number of nitrogens with one attached hydrogen (secondary N) is 1. The summed E-state index contributed by atoms with van der Waals surface area (Å²) in [5.74, 6) is -1.76. The third-order valence-corrected chi connectivity index (χ3v) is 4.63. The molecule has 1 fully saturated rings. The Balaban J connectivity index is 1.58. The van der Waals surface area contributed by atoms with E-state index in [2.05, 4.69) is 5.32 Å². The molecule has 0 radical (unpaired) electrons.